The maximum Gasteiger partial charge on any atom is 0.263 e. The van der Waals surface area contributed by atoms with Crippen molar-refractivity contribution in [1.82, 2.24) is 19.3 Å². The number of primary sulfonamides is 1. The number of aryl methyl sites for hydroxylation is 1. The average Bonchev–Trinajstić information content (AvgIpc) is 2.68. The van der Waals surface area contributed by atoms with Gasteiger partial charge in [-0.1, -0.05) is 5.21 Å². The first-order valence-electron chi connectivity index (χ1n) is 5.71. The first-order chi connectivity index (χ1) is 9.14. The highest BCUT2D eigenvalue weighted by Gasteiger charge is 2.37. The molecule has 1 aliphatic heterocycles. The maximum absolute atomic E-state index is 12.5. The molecule has 2 heterocycles. The van der Waals surface area contributed by atoms with Gasteiger partial charge in [0.15, 0.2) is 4.60 Å². The summed E-state index contributed by atoms with van der Waals surface area (Å²) in [5.74, 6) is 0. The van der Waals surface area contributed by atoms with Crippen molar-refractivity contribution < 1.29 is 16.8 Å². The van der Waals surface area contributed by atoms with Crippen LogP contribution in [0.2, 0.25) is 0 Å². The van der Waals surface area contributed by atoms with Crippen molar-refractivity contribution in [2.24, 2.45) is 12.2 Å². The summed E-state index contributed by atoms with van der Waals surface area (Å²) in [5, 5.41) is 11.4. The van der Waals surface area contributed by atoms with Crippen molar-refractivity contribution >= 4 is 36.0 Å². The summed E-state index contributed by atoms with van der Waals surface area (Å²) in [4.78, 5) is 0. The lowest BCUT2D eigenvalue weighted by Gasteiger charge is -2.30. The molecule has 114 valence electrons. The number of nitrogens with zero attached hydrogens (tertiary/aromatic N) is 4. The van der Waals surface area contributed by atoms with E-state index in [1.165, 1.54) is 7.05 Å². The van der Waals surface area contributed by atoms with E-state index < -0.39 is 25.3 Å². The zero-order valence-corrected chi connectivity index (χ0v) is 13.8. The molecule has 1 aromatic heterocycles. The fraction of sp³-hybridized carbons (Fsp3) is 0.750. The molecule has 1 aromatic rings. The van der Waals surface area contributed by atoms with Gasteiger partial charge in [0, 0.05) is 20.1 Å². The lowest BCUT2D eigenvalue weighted by molar-refractivity contribution is 0.343. The highest BCUT2D eigenvalue weighted by molar-refractivity contribution is 9.10. The maximum atomic E-state index is 12.5. The largest absolute Gasteiger partial charge is 0.263 e. The molecule has 0 saturated carbocycles. The zero-order chi connectivity index (χ0) is 15.1. The molecule has 0 aliphatic carbocycles. The molecular weight excluding hydrogens is 374 g/mol. The monoisotopic (exact) mass is 387 g/mol. The van der Waals surface area contributed by atoms with Crippen LogP contribution < -0.4 is 5.14 Å². The Morgan fingerprint density at radius 2 is 2.00 bits per heavy atom. The Morgan fingerprint density at radius 3 is 2.50 bits per heavy atom. The number of hydrogen-bond donors (Lipinski definition) is 1. The number of sulfonamides is 2. The fourth-order valence-corrected chi connectivity index (χ4v) is 5.64. The van der Waals surface area contributed by atoms with E-state index in [2.05, 4.69) is 26.2 Å². The van der Waals surface area contributed by atoms with Crippen molar-refractivity contribution in [3.05, 3.63) is 4.60 Å². The van der Waals surface area contributed by atoms with E-state index in [1.807, 2.05) is 0 Å². The minimum absolute atomic E-state index is 0.0951. The van der Waals surface area contributed by atoms with E-state index >= 15 is 0 Å². The number of rotatable bonds is 3. The number of hydrogen-bond acceptors (Lipinski definition) is 6. The highest BCUT2D eigenvalue weighted by Crippen LogP contribution is 2.26. The lowest BCUT2D eigenvalue weighted by atomic mass is 10.2. The molecule has 0 spiro atoms. The van der Waals surface area contributed by atoms with Crippen LogP contribution in [-0.2, 0) is 27.1 Å². The first-order valence-corrected chi connectivity index (χ1v) is 9.55. The summed E-state index contributed by atoms with van der Waals surface area (Å²) in [5.41, 5.74) is 0. The van der Waals surface area contributed by atoms with E-state index in [9.17, 15) is 16.8 Å². The second-order valence-corrected chi connectivity index (χ2v) is 8.97. The molecular formula is C8H14BrN5O4S2. The van der Waals surface area contributed by atoms with E-state index in [-0.39, 0.29) is 22.7 Å². The normalized spacial score (nSPS) is 22.1. The average molecular weight is 388 g/mol. The Hall–Kier alpha value is -0.560. The fourth-order valence-electron chi connectivity index (χ4n) is 2.11. The zero-order valence-electron chi connectivity index (χ0n) is 10.6. The molecule has 20 heavy (non-hydrogen) atoms. The summed E-state index contributed by atoms with van der Waals surface area (Å²) >= 11 is 3.03. The van der Waals surface area contributed by atoms with E-state index in [0.29, 0.717) is 12.8 Å². The van der Waals surface area contributed by atoms with E-state index in [0.717, 1.165) is 8.99 Å². The van der Waals surface area contributed by atoms with Crippen molar-refractivity contribution in [3.8, 4) is 0 Å². The summed E-state index contributed by atoms with van der Waals surface area (Å²) in [6, 6.07) is 0. The SMILES string of the molecule is Cn1nnc(Br)c1S(=O)(=O)N1CCCC(S(N)(=O)=O)C1. The molecule has 2 rings (SSSR count). The standard InChI is InChI=1S/C8H14BrN5O4S2/c1-13-8(7(9)11-12-13)20(17,18)14-4-2-3-6(5-14)19(10,15)16/h6H,2-5H2,1H3,(H2,10,15,16). The van der Waals surface area contributed by atoms with Gasteiger partial charge >= 0.3 is 0 Å². The topological polar surface area (TPSA) is 128 Å². The summed E-state index contributed by atoms with van der Waals surface area (Å²) in [6.45, 7) is 0.0881. The highest BCUT2D eigenvalue weighted by atomic mass is 79.9. The third kappa shape index (κ3) is 2.88. The molecule has 1 saturated heterocycles. The molecule has 0 bridgehead atoms. The van der Waals surface area contributed by atoms with Gasteiger partial charge in [-0.15, -0.1) is 5.10 Å². The number of halogens is 1. The van der Waals surface area contributed by atoms with Crippen LogP contribution in [0.15, 0.2) is 9.63 Å². The van der Waals surface area contributed by atoms with Crippen molar-refractivity contribution in [3.63, 3.8) is 0 Å². The summed E-state index contributed by atoms with van der Waals surface area (Å²) < 4.78 is 50.2. The molecule has 2 N–H and O–H groups in total. The number of piperidine rings is 1. The lowest BCUT2D eigenvalue weighted by Crippen LogP contribution is -2.47. The quantitative estimate of drug-likeness (QED) is 0.709. The third-order valence-corrected chi connectivity index (χ3v) is 7.20. The van der Waals surface area contributed by atoms with Gasteiger partial charge in [0.05, 0.1) is 5.25 Å². The Bertz CT molecular complexity index is 694. The van der Waals surface area contributed by atoms with Gasteiger partial charge in [-0.3, -0.25) is 0 Å². The van der Waals surface area contributed by atoms with E-state index in [4.69, 9.17) is 5.14 Å². The molecule has 1 unspecified atom stereocenters. The Labute approximate surface area is 125 Å². The summed E-state index contributed by atoms with van der Waals surface area (Å²) in [6.07, 6.45) is 0.791. The van der Waals surface area contributed by atoms with Crippen LogP contribution in [0, 0.1) is 0 Å². The van der Waals surface area contributed by atoms with Gasteiger partial charge in [0.1, 0.15) is 0 Å². The molecule has 9 nitrogen and oxygen atoms in total. The smallest absolute Gasteiger partial charge is 0.235 e. The Morgan fingerprint density at radius 1 is 1.35 bits per heavy atom. The van der Waals surface area contributed by atoms with Gasteiger partial charge in [-0.25, -0.2) is 26.7 Å². The molecule has 0 amide bonds. The van der Waals surface area contributed by atoms with Crippen LogP contribution in [0.3, 0.4) is 0 Å². The van der Waals surface area contributed by atoms with Crippen LogP contribution in [0.1, 0.15) is 12.8 Å². The van der Waals surface area contributed by atoms with Crippen LogP contribution in [-0.4, -0.2) is 54.5 Å². The molecule has 1 aliphatic rings. The van der Waals surface area contributed by atoms with E-state index in [1.54, 1.807) is 0 Å². The second-order valence-electron chi connectivity index (χ2n) is 4.53. The Balaban J connectivity index is 2.36. The van der Waals surface area contributed by atoms with Gasteiger partial charge in [0.2, 0.25) is 15.0 Å². The number of nitrogens with two attached hydrogens (primary N) is 1. The number of aromatic nitrogens is 3. The van der Waals surface area contributed by atoms with Gasteiger partial charge in [-0.05, 0) is 28.8 Å². The van der Waals surface area contributed by atoms with Crippen LogP contribution in [0.4, 0.5) is 0 Å². The second kappa shape index (κ2) is 5.33. The predicted octanol–water partition coefficient (Wildman–Crippen LogP) is -0.981. The Kier molecular flexibility index (Phi) is 4.22. The van der Waals surface area contributed by atoms with Crippen molar-refractivity contribution in [1.29, 1.82) is 0 Å². The third-order valence-electron chi connectivity index (χ3n) is 3.13. The molecule has 1 atom stereocenters. The molecule has 0 radical (unpaired) electrons. The first kappa shape index (κ1) is 15.8. The minimum Gasteiger partial charge on any atom is -0.235 e. The van der Waals surface area contributed by atoms with Gasteiger partial charge < -0.3 is 0 Å². The van der Waals surface area contributed by atoms with Crippen molar-refractivity contribution in [2.45, 2.75) is 23.1 Å². The van der Waals surface area contributed by atoms with Gasteiger partial charge in [-0.2, -0.15) is 4.31 Å². The molecule has 12 heteroatoms. The molecule has 0 aromatic carbocycles. The van der Waals surface area contributed by atoms with Gasteiger partial charge in [0.25, 0.3) is 10.0 Å². The molecule has 1 fully saturated rings. The van der Waals surface area contributed by atoms with Crippen LogP contribution in [0.25, 0.3) is 0 Å². The summed E-state index contributed by atoms with van der Waals surface area (Å²) in [7, 11) is -6.18. The van der Waals surface area contributed by atoms with Crippen LogP contribution >= 0.6 is 15.9 Å². The van der Waals surface area contributed by atoms with Crippen molar-refractivity contribution in [2.75, 3.05) is 13.1 Å². The predicted molar refractivity (Wildman–Crippen MR) is 73.6 cm³/mol. The minimum atomic E-state index is -3.87. The van der Waals surface area contributed by atoms with Crippen LogP contribution in [0.5, 0.6) is 0 Å².